The maximum absolute atomic E-state index is 3.43. The Morgan fingerprint density at radius 2 is 2.20 bits per heavy atom. The van der Waals surface area contributed by atoms with Crippen LogP contribution in [0.4, 0.5) is 0 Å². The van der Waals surface area contributed by atoms with E-state index in [0.717, 1.165) is 19.1 Å². The molecule has 2 heterocycles. The fourth-order valence-corrected chi connectivity index (χ4v) is 3.82. The smallest absolute Gasteiger partial charge is 0.0360 e. The topological polar surface area (TPSA) is 15.3 Å². The second-order valence-electron chi connectivity index (χ2n) is 4.49. The zero-order valence-electron chi connectivity index (χ0n) is 9.04. The van der Waals surface area contributed by atoms with Gasteiger partial charge in [0.1, 0.15) is 0 Å². The number of nitrogens with zero attached hydrogens (tertiary/aromatic N) is 1. The first kappa shape index (κ1) is 9.82. The summed E-state index contributed by atoms with van der Waals surface area (Å²) in [5, 5.41) is 5.70. The number of hydrogen-bond acceptors (Lipinski definition) is 3. The molecule has 1 aromatic heterocycles. The summed E-state index contributed by atoms with van der Waals surface area (Å²) in [6, 6.07) is 3.08. The van der Waals surface area contributed by atoms with Gasteiger partial charge in [-0.25, -0.2) is 0 Å². The van der Waals surface area contributed by atoms with Gasteiger partial charge in [0.2, 0.25) is 0 Å². The largest absolute Gasteiger partial charge is 0.314 e. The Bertz CT molecular complexity index is 328. The van der Waals surface area contributed by atoms with E-state index in [1.54, 1.807) is 10.4 Å². The summed E-state index contributed by atoms with van der Waals surface area (Å²) < 4.78 is 0. The van der Waals surface area contributed by atoms with E-state index in [0.29, 0.717) is 0 Å². The highest BCUT2D eigenvalue weighted by atomic mass is 32.1. The predicted molar refractivity (Wildman–Crippen MR) is 64.4 cm³/mol. The minimum absolute atomic E-state index is 0.724. The van der Waals surface area contributed by atoms with Gasteiger partial charge in [0.25, 0.3) is 0 Å². The summed E-state index contributed by atoms with van der Waals surface area (Å²) in [4.78, 5) is 4.31. The molecule has 3 heteroatoms. The number of fused-ring (bicyclic) bond motifs is 1. The molecule has 2 aliphatic rings. The SMILES string of the molecule is c1cc2c(s1)CCCC2N1CCNCC1. The summed E-state index contributed by atoms with van der Waals surface area (Å²) in [5.41, 5.74) is 1.63. The van der Waals surface area contributed by atoms with Crippen LogP contribution in [0.15, 0.2) is 11.4 Å². The molecule has 1 unspecified atom stereocenters. The Morgan fingerprint density at radius 3 is 3.07 bits per heavy atom. The number of nitrogens with one attached hydrogen (secondary N) is 1. The van der Waals surface area contributed by atoms with Gasteiger partial charge in [0.05, 0.1) is 0 Å². The molecule has 1 aliphatic heterocycles. The molecule has 1 N–H and O–H groups in total. The van der Waals surface area contributed by atoms with Crippen LogP contribution in [-0.4, -0.2) is 31.1 Å². The fraction of sp³-hybridized carbons (Fsp3) is 0.667. The van der Waals surface area contributed by atoms with E-state index in [-0.39, 0.29) is 0 Å². The maximum Gasteiger partial charge on any atom is 0.0360 e. The summed E-state index contributed by atoms with van der Waals surface area (Å²) >= 11 is 1.95. The third-order valence-corrected chi connectivity index (χ3v) is 4.61. The number of piperazine rings is 1. The average Bonchev–Trinajstić information content (AvgIpc) is 2.78. The second-order valence-corrected chi connectivity index (χ2v) is 5.49. The van der Waals surface area contributed by atoms with Gasteiger partial charge in [-0.2, -0.15) is 0 Å². The molecule has 1 aromatic rings. The predicted octanol–water partition coefficient (Wildman–Crippen LogP) is 2.03. The van der Waals surface area contributed by atoms with Crippen LogP contribution in [0.25, 0.3) is 0 Å². The van der Waals surface area contributed by atoms with E-state index in [1.807, 2.05) is 11.3 Å². The van der Waals surface area contributed by atoms with Gasteiger partial charge in [-0.1, -0.05) is 0 Å². The quantitative estimate of drug-likeness (QED) is 0.782. The van der Waals surface area contributed by atoms with Crippen LogP contribution < -0.4 is 5.32 Å². The molecule has 3 rings (SSSR count). The van der Waals surface area contributed by atoms with Crippen molar-refractivity contribution in [3.63, 3.8) is 0 Å². The van der Waals surface area contributed by atoms with Crippen LogP contribution in [0.1, 0.15) is 29.3 Å². The zero-order valence-corrected chi connectivity index (χ0v) is 9.85. The lowest BCUT2D eigenvalue weighted by molar-refractivity contribution is 0.159. The molecule has 1 aliphatic carbocycles. The van der Waals surface area contributed by atoms with Crippen molar-refractivity contribution in [1.82, 2.24) is 10.2 Å². The molecular formula is C12H18N2S. The highest BCUT2D eigenvalue weighted by Gasteiger charge is 2.27. The minimum atomic E-state index is 0.724. The first-order valence-corrected chi connectivity index (χ1v) is 6.84. The Kier molecular flexibility index (Phi) is 2.77. The summed E-state index contributed by atoms with van der Waals surface area (Å²) in [6.07, 6.45) is 4.06. The lowest BCUT2D eigenvalue weighted by Gasteiger charge is -2.37. The van der Waals surface area contributed by atoms with Crippen molar-refractivity contribution in [1.29, 1.82) is 0 Å². The first-order valence-electron chi connectivity index (χ1n) is 5.96. The van der Waals surface area contributed by atoms with Crippen LogP contribution in [0, 0.1) is 0 Å². The van der Waals surface area contributed by atoms with E-state index in [1.165, 1.54) is 32.4 Å². The highest BCUT2D eigenvalue weighted by Crippen LogP contribution is 2.36. The van der Waals surface area contributed by atoms with E-state index in [4.69, 9.17) is 0 Å². The van der Waals surface area contributed by atoms with E-state index < -0.39 is 0 Å². The van der Waals surface area contributed by atoms with Crippen molar-refractivity contribution < 1.29 is 0 Å². The summed E-state index contributed by atoms with van der Waals surface area (Å²) in [7, 11) is 0. The van der Waals surface area contributed by atoms with Gasteiger partial charge < -0.3 is 5.32 Å². The number of rotatable bonds is 1. The van der Waals surface area contributed by atoms with Crippen LogP contribution in [0.3, 0.4) is 0 Å². The first-order chi connectivity index (χ1) is 7.45. The average molecular weight is 222 g/mol. The number of thiophene rings is 1. The van der Waals surface area contributed by atoms with Crippen molar-refractivity contribution in [3.8, 4) is 0 Å². The van der Waals surface area contributed by atoms with Crippen molar-refractivity contribution in [3.05, 3.63) is 21.9 Å². The summed E-state index contributed by atoms with van der Waals surface area (Å²) in [6.45, 7) is 4.77. The highest BCUT2D eigenvalue weighted by molar-refractivity contribution is 7.10. The monoisotopic (exact) mass is 222 g/mol. The fourth-order valence-electron chi connectivity index (χ4n) is 2.84. The third kappa shape index (κ3) is 1.84. The molecule has 0 radical (unpaired) electrons. The Labute approximate surface area is 95.3 Å². The molecule has 0 saturated carbocycles. The van der Waals surface area contributed by atoms with E-state index in [9.17, 15) is 0 Å². The van der Waals surface area contributed by atoms with Crippen molar-refractivity contribution in [2.75, 3.05) is 26.2 Å². The zero-order chi connectivity index (χ0) is 10.1. The number of aryl methyl sites for hydroxylation is 1. The Balaban J connectivity index is 1.82. The van der Waals surface area contributed by atoms with Crippen molar-refractivity contribution in [2.45, 2.75) is 25.3 Å². The van der Waals surface area contributed by atoms with Crippen LogP contribution in [-0.2, 0) is 6.42 Å². The Morgan fingerprint density at radius 1 is 1.33 bits per heavy atom. The lowest BCUT2D eigenvalue weighted by Crippen LogP contribution is -2.45. The molecular weight excluding hydrogens is 204 g/mol. The van der Waals surface area contributed by atoms with E-state index >= 15 is 0 Å². The maximum atomic E-state index is 3.43. The van der Waals surface area contributed by atoms with E-state index in [2.05, 4.69) is 21.7 Å². The standard InChI is InChI=1S/C12H18N2S/c1-2-11(14-7-5-13-6-8-14)10-4-9-15-12(10)3-1/h4,9,11,13H,1-3,5-8H2. The molecule has 1 fully saturated rings. The minimum Gasteiger partial charge on any atom is -0.314 e. The van der Waals surface area contributed by atoms with Gasteiger partial charge in [-0.05, 0) is 36.3 Å². The molecule has 2 nitrogen and oxygen atoms in total. The molecule has 0 aromatic carbocycles. The van der Waals surface area contributed by atoms with Gasteiger partial charge in [0, 0.05) is 37.1 Å². The number of hydrogen-bond donors (Lipinski definition) is 1. The summed E-state index contributed by atoms with van der Waals surface area (Å²) in [5.74, 6) is 0. The van der Waals surface area contributed by atoms with Crippen LogP contribution >= 0.6 is 11.3 Å². The van der Waals surface area contributed by atoms with Crippen LogP contribution in [0.2, 0.25) is 0 Å². The van der Waals surface area contributed by atoms with Gasteiger partial charge in [-0.15, -0.1) is 11.3 Å². The third-order valence-electron chi connectivity index (χ3n) is 3.61. The molecule has 0 spiro atoms. The normalized spacial score (nSPS) is 27.6. The Hall–Kier alpha value is -0.380. The van der Waals surface area contributed by atoms with Crippen molar-refractivity contribution >= 4 is 11.3 Å². The van der Waals surface area contributed by atoms with Crippen molar-refractivity contribution in [2.24, 2.45) is 0 Å². The van der Waals surface area contributed by atoms with Gasteiger partial charge in [0.15, 0.2) is 0 Å². The molecule has 82 valence electrons. The van der Waals surface area contributed by atoms with Gasteiger partial charge in [-0.3, -0.25) is 4.90 Å². The molecule has 0 bridgehead atoms. The van der Waals surface area contributed by atoms with Crippen LogP contribution in [0.5, 0.6) is 0 Å². The van der Waals surface area contributed by atoms with Gasteiger partial charge >= 0.3 is 0 Å². The second kappa shape index (κ2) is 4.24. The molecule has 0 amide bonds. The lowest BCUT2D eigenvalue weighted by atomic mass is 9.92. The molecule has 1 atom stereocenters. The molecule has 15 heavy (non-hydrogen) atoms. The molecule has 1 saturated heterocycles.